The van der Waals surface area contributed by atoms with Crippen molar-refractivity contribution in [3.8, 4) is 11.3 Å². The van der Waals surface area contributed by atoms with E-state index in [4.69, 9.17) is 28.3 Å². The van der Waals surface area contributed by atoms with E-state index in [9.17, 15) is 4.79 Å². The van der Waals surface area contributed by atoms with Gasteiger partial charge in [0.15, 0.2) is 0 Å². The van der Waals surface area contributed by atoms with Crippen LogP contribution in [-0.4, -0.2) is 56.6 Å². The molecule has 0 N–H and O–H groups in total. The van der Waals surface area contributed by atoms with Crippen LogP contribution in [0.2, 0.25) is 10.0 Å². The summed E-state index contributed by atoms with van der Waals surface area (Å²) in [6.45, 7) is 7.05. The van der Waals surface area contributed by atoms with Crippen molar-refractivity contribution >= 4 is 40.8 Å². The number of nitrogens with zero attached hydrogens (tertiary/aromatic N) is 6. The number of halogens is 2. The van der Waals surface area contributed by atoms with Crippen LogP contribution in [0.15, 0.2) is 30.5 Å². The van der Waals surface area contributed by atoms with E-state index < -0.39 is 0 Å². The largest absolute Gasteiger partial charge is 0.339 e. The summed E-state index contributed by atoms with van der Waals surface area (Å²) >= 11 is 12.3. The van der Waals surface area contributed by atoms with E-state index in [2.05, 4.69) is 28.7 Å². The van der Waals surface area contributed by atoms with Gasteiger partial charge in [0.05, 0.1) is 15.7 Å². The summed E-state index contributed by atoms with van der Waals surface area (Å²) < 4.78 is 1.73. The summed E-state index contributed by atoms with van der Waals surface area (Å²) in [6.07, 6.45) is 5.81. The summed E-state index contributed by atoms with van der Waals surface area (Å²) in [6, 6.07) is 7.36. The fourth-order valence-electron chi connectivity index (χ4n) is 4.13. The molecule has 0 spiro atoms. The number of benzene rings is 1. The van der Waals surface area contributed by atoms with E-state index in [0.29, 0.717) is 48.0 Å². The molecule has 32 heavy (non-hydrogen) atoms. The quantitative estimate of drug-likeness (QED) is 0.483. The summed E-state index contributed by atoms with van der Waals surface area (Å²) in [5.41, 5.74) is 1.72. The molecule has 1 amide bonds. The Morgan fingerprint density at radius 3 is 2.56 bits per heavy atom. The lowest BCUT2D eigenvalue weighted by Crippen LogP contribution is -2.50. The molecule has 170 valence electrons. The van der Waals surface area contributed by atoms with Gasteiger partial charge in [-0.2, -0.15) is 9.50 Å². The van der Waals surface area contributed by atoms with Gasteiger partial charge in [-0.3, -0.25) is 4.79 Å². The first-order valence-corrected chi connectivity index (χ1v) is 12.0. The van der Waals surface area contributed by atoms with Crippen LogP contribution in [0.4, 0.5) is 5.95 Å². The van der Waals surface area contributed by atoms with Crippen LogP contribution in [0, 0.1) is 5.92 Å². The van der Waals surface area contributed by atoms with E-state index in [1.807, 2.05) is 23.1 Å². The van der Waals surface area contributed by atoms with Crippen molar-refractivity contribution in [2.24, 2.45) is 5.92 Å². The average molecular weight is 475 g/mol. The number of unbranched alkanes of at least 4 members (excludes halogenated alkanes) is 1. The van der Waals surface area contributed by atoms with Gasteiger partial charge >= 0.3 is 0 Å². The molecule has 7 nitrogen and oxygen atoms in total. The van der Waals surface area contributed by atoms with Crippen molar-refractivity contribution in [2.45, 2.75) is 39.5 Å². The predicted octanol–water partition coefficient (Wildman–Crippen LogP) is 4.96. The maximum Gasteiger partial charge on any atom is 0.254 e. The van der Waals surface area contributed by atoms with Crippen molar-refractivity contribution < 1.29 is 4.79 Å². The highest BCUT2D eigenvalue weighted by Gasteiger charge is 2.27. The van der Waals surface area contributed by atoms with Crippen LogP contribution < -0.4 is 4.90 Å². The third-order valence-electron chi connectivity index (χ3n) is 6.07. The summed E-state index contributed by atoms with van der Waals surface area (Å²) in [5, 5.41) is 5.71. The van der Waals surface area contributed by atoms with Gasteiger partial charge in [0.1, 0.15) is 0 Å². The minimum absolute atomic E-state index is 0.132. The number of hydrogen-bond acceptors (Lipinski definition) is 5. The average Bonchev–Trinajstić information content (AvgIpc) is 3.26. The molecule has 1 unspecified atom stereocenters. The Kier molecular flexibility index (Phi) is 7.16. The SMILES string of the molecule is CCCCC(CC)C(=O)N1CCN(c2nc3nccc(-c4ccc(Cl)c(Cl)c4)n3n2)CC1. The van der Waals surface area contributed by atoms with Gasteiger partial charge in [0.25, 0.3) is 5.78 Å². The molecule has 9 heteroatoms. The molecule has 2 aromatic heterocycles. The number of amides is 1. The lowest BCUT2D eigenvalue weighted by atomic mass is 9.97. The molecule has 1 aliphatic heterocycles. The highest BCUT2D eigenvalue weighted by Crippen LogP contribution is 2.29. The van der Waals surface area contributed by atoms with Crippen molar-refractivity contribution in [3.63, 3.8) is 0 Å². The molecule has 1 fully saturated rings. The molecule has 1 aliphatic rings. The lowest BCUT2D eigenvalue weighted by molar-refractivity contribution is -0.136. The normalized spacial score (nSPS) is 15.4. The predicted molar refractivity (Wildman–Crippen MR) is 128 cm³/mol. The summed E-state index contributed by atoms with van der Waals surface area (Å²) in [5.74, 6) is 1.56. The number of rotatable bonds is 7. The fraction of sp³-hybridized carbons (Fsp3) is 0.478. The Morgan fingerprint density at radius 1 is 1.09 bits per heavy atom. The number of aromatic nitrogens is 4. The van der Waals surface area contributed by atoms with Gasteiger partial charge in [-0.15, -0.1) is 5.10 Å². The third-order valence-corrected chi connectivity index (χ3v) is 6.81. The standard InChI is InChI=1S/C23H28Cl2N6O/c1-3-5-6-16(4-2)21(32)29-11-13-30(14-12-29)23-27-22-26-10-9-20(31(22)28-23)17-7-8-18(24)19(25)15-17/h7-10,15-16H,3-6,11-14H2,1-2H3. The van der Waals surface area contributed by atoms with E-state index in [0.717, 1.165) is 36.9 Å². The van der Waals surface area contributed by atoms with Crippen LogP contribution in [0.3, 0.4) is 0 Å². The van der Waals surface area contributed by atoms with Crippen molar-refractivity contribution in [1.29, 1.82) is 0 Å². The minimum Gasteiger partial charge on any atom is -0.339 e. The Balaban J connectivity index is 1.50. The third kappa shape index (κ3) is 4.69. The second-order valence-corrected chi connectivity index (χ2v) is 8.96. The molecule has 1 aromatic carbocycles. The van der Waals surface area contributed by atoms with Crippen LogP contribution >= 0.6 is 23.2 Å². The first kappa shape index (κ1) is 22.8. The Labute approximate surface area is 198 Å². The smallest absolute Gasteiger partial charge is 0.254 e. The van der Waals surface area contributed by atoms with Crippen molar-refractivity contribution in [2.75, 3.05) is 31.1 Å². The maximum absolute atomic E-state index is 12.9. The fourth-order valence-corrected chi connectivity index (χ4v) is 4.43. The molecular weight excluding hydrogens is 447 g/mol. The van der Waals surface area contributed by atoms with Crippen LogP contribution in [0.25, 0.3) is 17.0 Å². The van der Waals surface area contributed by atoms with Crippen LogP contribution in [0.5, 0.6) is 0 Å². The number of fused-ring (bicyclic) bond motifs is 1. The van der Waals surface area contributed by atoms with E-state index in [1.54, 1.807) is 16.8 Å². The first-order valence-electron chi connectivity index (χ1n) is 11.2. The number of carbonyl (C=O) groups excluding carboxylic acids is 1. The number of carbonyl (C=O) groups is 1. The highest BCUT2D eigenvalue weighted by atomic mass is 35.5. The van der Waals surface area contributed by atoms with Gasteiger partial charge in [-0.25, -0.2) is 4.98 Å². The van der Waals surface area contributed by atoms with Crippen LogP contribution in [-0.2, 0) is 4.79 Å². The number of anilines is 1. The minimum atomic E-state index is 0.132. The Bertz CT molecular complexity index is 1090. The Morgan fingerprint density at radius 2 is 1.88 bits per heavy atom. The zero-order valence-corrected chi connectivity index (χ0v) is 20.0. The van der Waals surface area contributed by atoms with E-state index in [1.165, 1.54) is 0 Å². The molecule has 1 saturated heterocycles. The molecule has 0 radical (unpaired) electrons. The van der Waals surface area contributed by atoms with Gasteiger partial charge in [-0.05, 0) is 31.0 Å². The summed E-state index contributed by atoms with van der Waals surface area (Å²) in [4.78, 5) is 26.0. The van der Waals surface area contributed by atoms with Gasteiger partial charge in [-0.1, -0.05) is 56.0 Å². The van der Waals surface area contributed by atoms with Gasteiger partial charge in [0.2, 0.25) is 11.9 Å². The topological polar surface area (TPSA) is 66.6 Å². The second kappa shape index (κ2) is 10.0. The number of hydrogen-bond donors (Lipinski definition) is 0. The van der Waals surface area contributed by atoms with E-state index >= 15 is 0 Å². The zero-order chi connectivity index (χ0) is 22.7. The first-order chi connectivity index (χ1) is 15.5. The molecule has 0 aliphatic carbocycles. The van der Waals surface area contributed by atoms with Crippen molar-refractivity contribution in [3.05, 3.63) is 40.5 Å². The molecule has 4 rings (SSSR count). The molecule has 3 aromatic rings. The zero-order valence-electron chi connectivity index (χ0n) is 18.5. The van der Waals surface area contributed by atoms with Crippen molar-refractivity contribution in [1.82, 2.24) is 24.5 Å². The molecular formula is C23H28Cl2N6O. The molecule has 3 heterocycles. The molecule has 1 atom stereocenters. The van der Waals surface area contributed by atoms with Gasteiger partial charge < -0.3 is 9.80 Å². The number of piperazine rings is 1. The lowest BCUT2D eigenvalue weighted by Gasteiger charge is -2.35. The Hall–Kier alpha value is -2.38. The van der Waals surface area contributed by atoms with Gasteiger partial charge in [0, 0.05) is 43.9 Å². The molecule has 0 saturated carbocycles. The van der Waals surface area contributed by atoms with Crippen LogP contribution in [0.1, 0.15) is 39.5 Å². The monoisotopic (exact) mass is 474 g/mol. The van der Waals surface area contributed by atoms with E-state index in [-0.39, 0.29) is 11.8 Å². The highest BCUT2D eigenvalue weighted by molar-refractivity contribution is 6.42. The second-order valence-electron chi connectivity index (χ2n) is 8.14. The summed E-state index contributed by atoms with van der Waals surface area (Å²) in [7, 11) is 0. The maximum atomic E-state index is 12.9. The molecule has 0 bridgehead atoms.